The molecule has 0 aromatic carbocycles. The molecule has 7 heteroatoms. The molecule has 0 radical (unpaired) electrons. The number of halogens is 2. The van der Waals surface area contributed by atoms with E-state index in [-0.39, 0.29) is 6.04 Å². The molecule has 2 aromatic rings. The predicted molar refractivity (Wildman–Crippen MR) is 80.4 cm³/mol. The average molecular weight is 320 g/mol. The lowest BCUT2D eigenvalue weighted by Crippen LogP contribution is -2.12. The second-order valence-corrected chi connectivity index (χ2v) is 6.70. The summed E-state index contributed by atoms with van der Waals surface area (Å²) in [6, 6.07) is 1.93. The van der Waals surface area contributed by atoms with Gasteiger partial charge in [0.05, 0.1) is 10.9 Å². The van der Waals surface area contributed by atoms with Crippen LogP contribution >= 0.6 is 23.2 Å². The van der Waals surface area contributed by atoms with Gasteiger partial charge in [0.1, 0.15) is 11.3 Å². The van der Waals surface area contributed by atoms with Crippen LogP contribution in [0.1, 0.15) is 25.2 Å². The second kappa shape index (κ2) is 6.20. The minimum atomic E-state index is -0.802. The van der Waals surface area contributed by atoms with E-state index in [2.05, 4.69) is 16.9 Å². The van der Waals surface area contributed by atoms with Crippen molar-refractivity contribution in [2.75, 3.05) is 12.0 Å². The molecule has 2 heterocycles. The summed E-state index contributed by atoms with van der Waals surface area (Å²) >= 11 is 11.9. The van der Waals surface area contributed by atoms with E-state index in [4.69, 9.17) is 23.2 Å². The maximum atomic E-state index is 11.2. The van der Waals surface area contributed by atoms with Crippen molar-refractivity contribution in [2.45, 2.75) is 25.3 Å². The fraction of sp³-hybridized carbons (Fsp3) is 0.500. The van der Waals surface area contributed by atoms with Crippen molar-refractivity contribution in [1.29, 1.82) is 0 Å². The van der Waals surface area contributed by atoms with Gasteiger partial charge in [0.2, 0.25) is 0 Å². The number of pyridine rings is 1. The minimum absolute atomic E-state index is 0.149. The van der Waals surface area contributed by atoms with Crippen LogP contribution in [0.25, 0.3) is 11.2 Å². The van der Waals surface area contributed by atoms with E-state index in [0.29, 0.717) is 16.7 Å². The van der Waals surface area contributed by atoms with E-state index in [1.807, 2.05) is 4.57 Å². The van der Waals surface area contributed by atoms with Crippen molar-refractivity contribution in [3.05, 3.63) is 23.1 Å². The third kappa shape index (κ3) is 3.27. The van der Waals surface area contributed by atoms with Gasteiger partial charge in [-0.2, -0.15) is 0 Å². The van der Waals surface area contributed by atoms with E-state index in [1.54, 1.807) is 18.5 Å². The van der Waals surface area contributed by atoms with Crippen molar-refractivity contribution in [1.82, 2.24) is 14.5 Å². The van der Waals surface area contributed by atoms with Crippen LogP contribution in [0.15, 0.2) is 12.3 Å². The van der Waals surface area contributed by atoms with Gasteiger partial charge in [-0.05, 0) is 19.4 Å². The highest BCUT2D eigenvalue weighted by Crippen LogP contribution is 2.24. The molecule has 2 aromatic heterocycles. The summed E-state index contributed by atoms with van der Waals surface area (Å²) in [6.07, 6.45) is 4.10. The Kier molecular flexibility index (Phi) is 4.81. The maximum Gasteiger partial charge on any atom is 0.160 e. The first-order valence-electron chi connectivity index (χ1n) is 5.91. The Hall–Kier alpha value is -0.650. The molecule has 2 atom stereocenters. The van der Waals surface area contributed by atoms with E-state index in [1.165, 1.54) is 0 Å². The molecule has 0 spiro atoms. The molecular weight excluding hydrogens is 305 g/mol. The zero-order valence-corrected chi connectivity index (χ0v) is 13.1. The van der Waals surface area contributed by atoms with Crippen LogP contribution in [-0.4, -0.2) is 30.8 Å². The fourth-order valence-electron chi connectivity index (χ4n) is 2.03. The first-order valence-corrected chi connectivity index (χ1v) is 8.55. The Morgan fingerprint density at radius 3 is 2.89 bits per heavy atom. The van der Waals surface area contributed by atoms with Crippen molar-refractivity contribution < 1.29 is 4.21 Å². The maximum absolute atomic E-state index is 11.2. The van der Waals surface area contributed by atoms with Crippen LogP contribution in [0.5, 0.6) is 0 Å². The topological polar surface area (TPSA) is 47.8 Å². The third-order valence-corrected chi connectivity index (χ3v) is 4.21. The van der Waals surface area contributed by atoms with Crippen molar-refractivity contribution >= 4 is 45.2 Å². The lowest BCUT2D eigenvalue weighted by atomic mass is 10.2. The fourth-order valence-corrected chi connectivity index (χ4v) is 3.04. The Morgan fingerprint density at radius 2 is 2.26 bits per heavy atom. The van der Waals surface area contributed by atoms with Crippen molar-refractivity contribution in [3.63, 3.8) is 0 Å². The highest BCUT2D eigenvalue weighted by atomic mass is 35.5. The molecule has 0 saturated carbocycles. The largest absolute Gasteiger partial charge is 0.309 e. The van der Waals surface area contributed by atoms with Crippen LogP contribution in [0.2, 0.25) is 5.02 Å². The number of hydrogen-bond acceptors (Lipinski definition) is 3. The quantitative estimate of drug-likeness (QED) is 0.795. The third-order valence-electron chi connectivity index (χ3n) is 2.95. The molecular formula is C12H15Cl2N3OS. The molecule has 0 N–H and O–H groups in total. The van der Waals surface area contributed by atoms with Gasteiger partial charge in [0.25, 0.3) is 0 Å². The molecule has 0 aliphatic rings. The van der Waals surface area contributed by atoms with Crippen LogP contribution < -0.4 is 0 Å². The Morgan fingerprint density at radius 1 is 1.53 bits per heavy atom. The average Bonchev–Trinajstić information content (AvgIpc) is 2.73. The second-order valence-electron chi connectivity index (χ2n) is 4.44. The summed E-state index contributed by atoms with van der Waals surface area (Å²) in [4.78, 5) is 8.78. The monoisotopic (exact) mass is 319 g/mol. The first-order chi connectivity index (χ1) is 9.02. The molecule has 0 aliphatic carbocycles. The number of alkyl halides is 1. The summed E-state index contributed by atoms with van der Waals surface area (Å²) in [5.74, 6) is 1.73. The summed E-state index contributed by atoms with van der Waals surface area (Å²) in [5.41, 5.74) is 1.52. The molecule has 0 bridgehead atoms. The minimum Gasteiger partial charge on any atom is -0.309 e. The molecule has 104 valence electrons. The highest BCUT2D eigenvalue weighted by Gasteiger charge is 2.16. The molecule has 0 fully saturated rings. The number of nitrogens with zero attached hydrogens (tertiary/aromatic N) is 3. The number of fused-ring (bicyclic) bond motifs is 1. The van der Waals surface area contributed by atoms with E-state index >= 15 is 0 Å². The zero-order valence-electron chi connectivity index (χ0n) is 10.8. The summed E-state index contributed by atoms with van der Waals surface area (Å²) in [6.45, 7) is 2.06. The molecule has 0 saturated heterocycles. The van der Waals surface area contributed by atoms with E-state index < -0.39 is 10.8 Å². The van der Waals surface area contributed by atoms with Crippen LogP contribution in [-0.2, 0) is 16.7 Å². The summed E-state index contributed by atoms with van der Waals surface area (Å²) in [7, 11) is -0.802. The Balaban J connectivity index is 2.42. The van der Waals surface area contributed by atoms with E-state index in [9.17, 15) is 4.21 Å². The number of rotatable bonds is 5. The molecule has 0 amide bonds. The van der Waals surface area contributed by atoms with Crippen LogP contribution in [0, 0.1) is 0 Å². The SMILES string of the molecule is CC(CCS(C)=O)n1c(CCl)nc2cc(Cl)cnc21. The standard InChI is InChI=1S/C12H15Cl2N3OS/c1-8(3-4-19(2)18)17-11(6-13)16-10-5-9(14)7-15-12(10)17/h5,7-8H,3-4,6H2,1-2H3. The molecule has 4 nitrogen and oxygen atoms in total. The molecule has 19 heavy (non-hydrogen) atoms. The van der Waals surface area contributed by atoms with Gasteiger partial charge in [-0.15, -0.1) is 11.6 Å². The lowest BCUT2D eigenvalue weighted by Gasteiger charge is -2.15. The highest BCUT2D eigenvalue weighted by molar-refractivity contribution is 7.84. The predicted octanol–water partition coefficient (Wildman–Crippen LogP) is 3.15. The lowest BCUT2D eigenvalue weighted by molar-refractivity contribution is 0.527. The molecule has 2 unspecified atom stereocenters. The van der Waals surface area contributed by atoms with Gasteiger partial charge in [0, 0.05) is 35.0 Å². The number of hydrogen-bond donors (Lipinski definition) is 0. The summed E-state index contributed by atoms with van der Waals surface area (Å²) < 4.78 is 13.2. The Labute approximate surface area is 124 Å². The summed E-state index contributed by atoms with van der Waals surface area (Å²) in [5, 5.41) is 0.556. The smallest absolute Gasteiger partial charge is 0.160 e. The first kappa shape index (κ1) is 14.8. The van der Waals surface area contributed by atoms with E-state index in [0.717, 1.165) is 23.4 Å². The van der Waals surface area contributed by atoms with Gasteiger partial charge < -0.3 is 4.57 Å². The van der Waals surface area contributed by atoms with Gasteiger partial charge in [-0.25, -0.2) is 9.97 Å². The molecule has 0 aliphatic heterocycles. The van der Waals surface area contributed by atoms with Gasteiger partial charge in [0.15, 0.2) is 5.65 Å². The van der Waals surface area contributed by atoms with Crippen molar-refractivity contribution in [2.24, 2.45) is 0 Å². The van der Waals surface area contributed by atoms with Gasteiger partial charge in [-0.3, -0.25) is 4.21 Å². The Bertz CT molecular complexity index is 614. The van der Waals surface area contributed by atoms with Crippen LogP contribution in [0.3, 0.4) is 0 Å². The van der Waals surface area contributed by atoms with Gasteiger partial charge in [-0.1, -0.05) is 11.6 Å². The van der Waals surface area contributed by atoms with Crippen molar-refractivity contribution in [3.8, 4) is 0 Å². The zero-order chi connectivity index (χ0) is 14.0. The van der Waals surface area contributed by atoms with Gasteiger partial charge >= 0.3 is 0 Å². The normalized spacial score (nSPS) is 14.7. The number of imidazole rings is 1. The van der Waals surface area contributed by atoms with Crippen LogP contribution in [0.4, 0.5) is 0 Å². The molecule has 2 rings (SSSR count). The number of aromatic nitrogens is 3.